The van der Waals surface area contributed by atoms with E-state index in [0.717, 1.165) is 42.9 Å². The van der Waals surface area contributed by atoms with Gasteiger partial charge in [-0.3, -0.25) is 4.79 Å². The summed E-state index contributed by atoms with van der Waals surface area (Å²) in [6, 6.07) is 15.6. The molecule has 0 aliphatic carbocycles. The number of carbonyl (C=O) groups excluding carboxylic acids is 2. The molecule has 1 heterocycles. The highest BCUT2D eigenvalue weighted by Crippen LogP contribution is 2.26. The molecule has 1 fully saturated rings. The van der Waals surface area contributed by atoms with E-state index in [2.05, 4.69) is 11.9 Å². The molecule has 3 rings (SSSR count). The van der Waals surface area contributed by atoms with E-state index in [0.29, 0.717) is 18.4 Å². The third-order valence-electron chi connectivity index (χ3n) is 5.06. The molecule has 0 atom stereocenters. The summed E-state index contributed by atoms with van der Waals surface area (Å²) < 4.78 is 4.97. The van der Waals surface area contributed by atoms with Crippen LogP contribution in [0.2, 0.25) is 0 Å². The van der Waals surface area contributed by atoms with Gasteiger partial charge >= 0.3 is 5.97 Å². The number of carbonyl (C=O) groups is 2. The number of nitrogens with zero attached hydrogens (tertiary/aromatic N) is 2. The molecule has 1 saturated heterocycles. The number of esters is 1. The summed E-state index contributed by atoms with van der Waals surface area (Å²) >= 11 is 0. The van der Waals surface area contributed by atoms with Crippen molar-refractivity contribution in [2.75, 3.05) is 40.3 Å². The molecule has 1 aliphatic rings. The summed E-state index contributed by atoms with van der Waals surface area (Å²) in [5.41, 5.74) is 3.32. The van der Waals surface area contributed by atoms with Crippen molar-refractivity contribution in [2.24, 2.45) is 0 Å². The molecule has 142 valence electrons. The van der Waals surface area contributed by atoms with Crippen LogP contribution in [-0.2, 0) is 16.0 Å². The van der Waals surface area contributed by atoms with Crippen molar-refractivity contribution >= 4 is 11.9 Å². The quantitative estimate of drug-likeness (QED) is 0.764. The first-order chi connectivity index (χ1) is 13.1. The average molecular weight is 366 g/mol. The molecular weight excluding hydrogens is 340 g/mol. The number of piperazine rings is 1. The third kappa shape index (κ3) is 4.74. The highest BCUT2D eigenvalue weighted by Gasteiger charge is 2.19. The predicted octanol–water partition coefficient (Wildman–Crippen LogP) is 2.85. The molecule has 1 aliphatic heterocycles. The van der Waals surface area contributed by atoms with Crippen molar-refractivity contribution in [2.45, 2.75) is 12.8 Å². The second kappa shape index (κ2) is 8.82. The highest BCUT2D eigenvalue weighted by atomic mass is 16.5. The van der Waals surface area contributed by atoms with Gasteiger partial charge in [0.05, 0.1) is 12.7 Å². The van der Waals surface area contributed by atoms with Gasteiger partial charge in [-0.05, 0) is 36.2 Å². The van der Waals surface area contributed by atoms with E-state index in [-0.39, 0.29) is 11.9 Å². The Labute approximate surface area is 160 Å². The number of hydrogen-bond donors (Lipinski definition) is 0. The summed E-state index contributed by atoms with van der Waals surface area (Å²) in [5.74, 6) is -0.184. The van der Waals surface area contributed by atoms with Gasteiger partial charge in [-0.1, -0.05) is 42.5 Å². The van der Waals surface area contributed by atoms with Crippen molar-refractivity contribution in [3.05, 3.63) is 59.7 Å². The summed E-state index contributed by atoms with van der Waals surface area (Å²) in [6.07, 6.45) is 1.07. The molecule has 0 unspecified atom stereocenters. The van der Waals surface area contributed by atoms with E-state index in [9.17, 15) is 9.59 Å². The van der Waals surface area contributed by atoms with Crippen molar-refractivity contribution in [1.29, 1.82) is 0 Å². The van der Waals surface area contributed by atoms with Crippen LogP contribution in [0.1, 0.15) is 22.3 Å². The number of likely N-dealkylation sites (N-methyl/N-ethyl adjacent to an activating group) is 1. The van der Waals surface area contributed by atoms with Crippen molar-refractivity contribution in [3.8, 4) is 11.1 Å². The van der Waals surface area contributed by atoms with Crippen LogP contribution in [-0.4, -0.2) is 62.0 Å². The predicted molar refractivity (Wildman–Crippen MR) is 106 cm³/mol. The maximum Gasteiger partial charge on any atom is 0.338 e. The van der Waals surface area contributed by atoms with E-state index < -0.39 is 0 Å². The Morgan fingerprint density at radius 1 is 1.00 bits per heavy atom. The lowest BCUT2D eigenvalue weighted by atomic mass is 9.96. The summed E-state index contributed by atoms with van der Waals surface area (Å²) in [5, 5.41) is 0. The van der Waals surface area contributed by atoms with Gasteiger partial charge in [0, 0.05) is 32.6 Å². The Balaban J connectivity index is 1.73. The first-order valence-electron chi connectivity index (χ1n) is 9.31. The Morgan fingerprint density at radius 3 is 2.37 bits per heavy atom. The molecule has 1 amide bonds. The SMILES string of the molecule is COC(=O)c1cc(CCC(=O)N2CCN(C)CC2)ccc1-c1ccccc1. The second-order valence-electron chi connectivity index (χ2n) is 6.92. The van der Waals surface area contributed by atoms with Gasteiger partial charge < -0.3 is 14.5 Å². The lowest BCUT2D eigenvalue weighted by molar-refractivity contribution is -0.132. The van der Waals surface area contributed by atoms with Crippen LogP contribution in [0.5, 0.6) is 0 Å². The van der Waals surface area contributed by atoms with Gasteiger partial charge in [0.15, 0.2) is 0 Å². The molecule has 5 heteroatoms. The topological polar surface area (TPSA) is 49.9 Å². The minimum absolute atomic E-state index is 0.176. The molecule has 0 spiro atoms. The largest absolute Gasteiger partial charge is 0.465 e. The number of ether oxygens (including phenoxy) is 1. The van der Waals surface area contributed by atoms with Gasteiger partial charge in [-0.2, -0.15) is 0 Å². The molecule has 0 aromatic heterocycles. The van der Waals surface area contributed by atoms with E-state index >= 15 is 0 Å². The molecular formula is C22H26N2O3. The maximum absolute atomic E-state index is 12.5. The standard InChI is InChI=1S/C22H26N2O3/c1-23-12-14-24(15-13-23)21(25)11-9-17-8-10-19(18-6-4-3-5-7-18)20(16-17)22(26)27-2/h3-8,10,16H,9,11-15H2,1-2H3. The summed E-state index contributed by atoms with van der Waals surface area (Å²) in [6.45, 7) is 3.42. The van der Waals surface area contributed by atoms with Crippen molar-refractivity contribution in [3.63, 3.8) is 0 Å². The first kappa shape index (κ1) is 19.1. The zero-order valence-corrected chi connectivity index (χ0v) is 16.0. The molecule has 27 heavy (non-hydrogen) atoms. The van der Waals surface area contributed by atoms with Gasteiger partial charge in [0.25, 0.3) is 0 Å². The number of benzene rings is 2. The van der Waals surface area contributed by atoms with Gasteiger partial charge in [-0.15, -0.1) is 0 Å². The van der Waals surface area contributed by atoms with Crippen LogP contribution in [0, 0.1) is 0 Å². The first-order valence-corrected chi connectivity index (χ1v) is 9.31. The number of methoxy groups -OCH3 is 1. The average Bonchev–Trinajstić information content (AvgIpc) is 2.72. The van der Waals surface area contributed by atoms with E-state index in [1.54, 1.807) is 0 Å². The van der Waals surface area contributed by atoms with E-state index in [1.807, 2.05) is 53.4 Å². The molecule has 2 aromatic carbocycles. The molecule has 0 N–H and O–H groups in total. The lowest BCUT2D eigenvalue weighted by Crippen LogP contribution is -2.47. The van der Waals surface area contributed by atoms with E-state index in [1.165, 1.54) is 7.11 Å². The van der Waals surface area contributed by atoms with Crippen LogP contribution in [0.4, 0.5) is 0 Å². The van der Waals surface area contributed by atoms with Crippen LogP contribution in [0.3, 0.4) is 0 Å². The molecule has 0 radical (unpaired) electrons. The van der Waals surface area contributed by atoms with Gasteiger partial charge in [0.1, 0.15) is 0 Å². The van der Waals surface area contributed by atoms with Gasteiger partial charge in [0.2, 0.25) is 5.91 Å². The fourth-order valence-corrected chi connectivity index (χ4v) is 3.36. The lowest BCUT2D eigenvalue weighted by Gasteiger charge is -2.32. The van der Waals surface area contributed by atoms with Crippen LogP contribution >= 0.6 is 0 Å². The number of rotatable bonds is 5. The Kier molecular flexibility index (Phi) is 6.24. The Hall–Kier alpha value is -2.66. The number of hydrogen-bond acceptors (Lipinski definition) is 4. The normalized spacial score (nSPS) is 14.8. The minimum Gasteiger partial charge on any atom is -0.465 e. The maximum atomic E-state index is 12.5. The Morgan fingerprint density at radius 2 is 1.70 bits per heavy atom. The van der Waals surface area contributed by atoms with Gasteiger partial charge in [-0.25, -0.2) is 4.79 Å². The fraction of sp³-hybridized carbons (Fsp3) is 0.364. The van der Waals surface area contributed by atoms with Crippen LogP contribution in [0.25, 0.3) is 11.1 Å². The minimum atomic E-state index is -0.360. The Bertz CT molecular complexity index is 796. The fourth-order valence-electron chi connectivity index (χ4n) is 3.36. The molecule has 5 nitrogen and oxygen atoms in total. The number of aryl methyl sites for hydroxylation is 1. The third-order valence-corrected chi connectivity index (χ3v) is 5.06. The molecule has 2 aromatic rings. The molecule has 0 bridgehead atoms. The highest BCUT2D eigenvalue weighted by molar-refractivity contribution is 5.97. The number of amides is 1. The molecule has 0 saturated carbocycles. The zero-order valence-electron chi connectivity index (χ0n) is 16.0. The summed E-state index contributed by atoms with van der Waals surface area (Å²) in [4.78, 5) is 28.9. The van der Waals surface area contributed by atoms with Crippen molar-refractivity contribution < 1.29 is 14.3 Å². The van der Waals surface area contributed by atoms with E-state index in [4.69, 9.17) is 4.74 Å². The van der Waals surface area contributed by atoms with Crippen molar-refractivity contribution in [1.82, 2.24) is 9.80 Å². The van der Waals surface area contributed by atoms with Crippen LogP contribution < -0.4 is 0 Å². The summed E-state index contributed by atoms with van der Waals surface area (Å²) in [7, 11) is 3.46. The monoisotopic (exact) mass is 366 g/mol. The van der Waals surface area contributed by atoms with Crippen LogP contribution in [0.15, 0.2) is 48.5 Å². The zero-order chi connectivity index (χ0) is 19.2. The second-order valence-corrected chi connectivity index (χ2v) is 6.92. The smallest absolute Gasteiger partial charge is 0.338 e.